The van der Waals surface area contributed by atoms with Gasteiger partial charge in [0.15, 0.2) is 11.6 Å². The number of ether oxygens (including phenoxy) is 2. The van der Waals surface area contributed by atoms with Crippen LogP contribution in [0.15, 0.2) is 12.1 Å². The lowest BCUT2D eigenvalue weighted by atomic mass is 10.2. The van der Waals surface area contributed by atoms with E-state index in [-0.39, 0.29) is 5.75 Å². The van der Waals surface area contributed by atoms with Crippen LogP contribution in [0.2, 0.25) is 0 Å². The Kier molecular flexibility index (Phi) is 2.71. The minimum Gasteiger partial charge on any atom is -0.491 e. The standard InChI is InChI=1S/C11H13F2NO2/c1-15-10-8(4-3-7(12)9(10)13)14-11(16-2)5-6-11/h3-4,14H,5-6H2,1-2H3. The smallest absolute Gasteiger partial charge is 0.202 e. The molecule has 16 heavy (non-hydrogen) atoms. The van der Waals surface area contributed by atoms with Gasteiger partial charge in [-0.05, 0) is 25.0 Å². The summed E-state index contributed by atoms with van der Waals surface area (Å²) in [4.78, 5) is 0. The zero-order chi connectivity index (χ0) is 11.8. The fourth-order valence-corrected chi connectivity index (χ4v) is 1.57. The Balaban J connectivity index is 2.30. The molecule has 0 atom stereocenters. The fourth-order valence-electron chi connectivity index (χ4n) is 1.57. The van der Waals surface area contributed by atoms with E-state index in [0.29, 0.717) is 5.69 Å². The maximum absolute atomic E-state index is 13.4. The van der Waals surface area contributed by atoms with Gasteiger partial charge in [-0.15, -0.1) is 0 Å². The first-order valence-corrected chi connectivity index (χ1v) is 4.97. The highest BCUT2D eigenvalue weighted by molar-refractivity contribution is 5.59. The van der Waals surface area contributed by atoms with Crippen LogP contribution in [0, 0.1) is 11.6 Å². The van der Waals surface area contributed by atoms with Crippen LogP contribution in [-0.2, 0) is 4.74 Å². The topological polar surface area (TPSA) is 30.5 Å². The van der Waals surface area contributed by atoms with Gasteiger partial charge in [-0.25, -0.2) is 4.39 Å². The fraction of sp³-hybridized carbons (Fsp3) is 0.455. The van der Waals surface area contributed by atoms with E-state index in [1.165, 1.54) is 13.2 Å². The molecule has 1 N–H and O–H groups in total. The molecular formula is C11H13F2NO2. The largest absolute Gasteiger partial charge is 0.491 e. The van der Waals surface area contributed by atoms with Crippen molar-refractivity contribution < 1.29 is 18.3 Å². The van der Waals surface area contributed by atoms with Gasteiger partial charge in [0.1, 0.15) is 5.72 Å². The SMILES string of the molecule is COc1c(NC2(OC)CC2)ccc(F)c1F. The minimum absolute atomic E-state index is 0.122. The average Bonchev–Trinajstić information content (AvgIpc) is 3.05. The Hall–Kier alpha value is -1.36. The highest BCUT2D eigenvalue weighted by atomic mass is 19.2. The van der Waals surface area contributed by atoms with E-state index in [4.69, 9.17) is 9.47 Å². The maximum atomic E-state index is 13.4. The molecule has 0 aliphatic heterocycles. The van der Waals surface area contributed by atoms with Crippen molar-refractivity contribution >= 4 is 5.69 Å². The summed E-state index contributed by atoms with van der Waals surface area (Å²) in [6.45, 7) is 0. The van der Waals surface area contributed by atoms with Crippen molar-refractivity contribution in [1.29, 1.82) is 0 Å². The van der Waals surface area contributed by atoms with Crippen molar-refractivity contribution in [1.82, 2.24) is 0 Å². The molecule has 0 unspecified atom stereocenters. The predicted octanol–water partition coefficient (Wildman–Crippen LogP) is 2.52. The van der Waals surface area contributed by atoms with Gasteiger partial charge in [0, 0.05) is 7.11 Å². The normalized spacial score (nSPS) is 17.0. The van der Waals surface area contributed by atoms with Gasteiger partial charge >= 0.3 is 0 Å². The second kappa shape index (κ2) is 3.90. The summed E-state index contributed by atoms with van der Waals surface area (Å²) in [5.41, 5.74) is -0.0434. The van der Waals surface area contributed by atoms with Crippen molar-refractivity contribution in [3.8, 4) is 5.75 Å². The number of rotatable bonds is 4. The van der Waals surface area contributed by atoms with Gasteiger partial charge in [0.25, 0.3) is 0 Å². The van der Waals surface area contributed by atoms with Gasteiger partial charge in [0.05, 0.1) is 12.8 Å². The molecule has 0 radical (unpaired) electrons. The van der Waals surface area contributed by atoms with Gasteiger partial charge in [-0.3, -0.25) is 0 Å². The van der Waals surface area contributed by atoms with Crippen LogP contribution in [0.1, 0.15) is 12.8 Å². The number of anilines is 1. The molecule has 1 aromatic rings. The van der Waals surface area contributed by atoms with E-state index >= 15 is 0 Å². The maximum Gasteiger partial charge on any atom is 0.202 e. The lowest BCUT2D eigenvalue weighted by Crippen LogP contribution is -2.23. The molecule has 0 aromatic heterocycles. The van der Waals surface area contributed by atoms with Gasteiger partial charge in [-0.1, -0.05) is 0 Å². The zero-order valence-electron chi connectivity index (χ0n) is 9.14. The van der Waals surface area contributed by atoms with E-state index < -0.39 is 17.4 Å². The van der Waals surface area contributed by atoms with Crippen molar-refractivity contribution in [3.63, 3.8) is 0 Å². The van der Waals surface area contributed by atoms with Gasteiger partial charge in [0.2, 0.25) is 5.82 Å². The quantitative estimate of drug-likeness (QED) is 0.805. The van der Waals surface area contributed by atoms with Crippen LogP contribution >= 0.6 is 0 Å². The zero-order valence-corrected chi connectivity index (χ0v) is 9.14. The second-order valence-corrected chi connectivity index (χ2v) is 3.77. The molecule has 0 bridgehead atoms. The Bertz CT molecular complexity index is 405. The Morgan fingerprint density at radius 3 is 2.44 bits per heavy atom. The van der Waals surface area contributed by atoms with Crippen LogP contribution in [-0.4, -0.2) is 19.9 Å². The van der Waals surface area contributed by atoms with E-state index in [1.807, 2.05) is 0 Å². The van der Waals surface area contributed by atoms with Crippen LogP contribution < -0.4 is 10.1 Å². The molecule has 0 spiro atoms. The highest BCUT2D eigenvalue weighted by Gasteiger charge is 2.43. The Morgan fingerprint density at radius 1 is 1.25 bits per heavy atom. The molecule has 88 valence electrons. The first-order valence-electron chi connectivity index (χ1n) is 4.97. The van der Waals surface area contributed by atoms with Crippen LogP contribution in [0.25, 0.3) is 0 Å². The van der Waals surface area contributed by atoms with Gasteiger partial charge < -0.3 is 14.8 Å². The molecule has 0 heterocycles. The summed E-state index contributed by atoms with van der Waals surface area (Å²) in [5.74, 6) is -2.03. The van der Waals surface area contributed by atoms with E-state index in [0.717, 1.165) is 18.9 Å². The summed E-state index contributed by atoms with van der Waals surface area (Å²) >= 11 is 0. The van der Waals surface area contributed by atoms with E-state index in [1.54, 1.807) is 7.11 Å². The van der Waals surface area contributed by atoms with Crippen molar-refractivity contribution in [3.05, 3.63) is 23.8 Å². The molecule has 1 saturated carbocycles. The molecule has 0 amide bonds. The number of hydrogen-bond donors (Lipinski definition) is 1. The van der Waals surface area contributed by atoms with E-state index in [2.05, 4.69) is 5.32 Å². The van der Waals surface area contributed by atoms with Crippen molar-refractivity contribution in [2.45, 2.75) is 18.6 Å². The molecule has 1 aliphatic rings. The monoisotopic (exact) mass is 229 g/mol. The minimum atomic E-state index is -0.987. The third-order valence-corrected chi connectivity index (χ3v) is 2.71. The number of methoxy groups -OCH3 is 2. The summed E-state index contributed by atoms with van der Waals surface area (Å²) in [6.07, 6.45) is 1.68. The summed E-state index contributed by atoms with van der Waals surface area (Å²) in [6, 6.07) is 2.50. The van der Waals surface area contributed by atoms with E-state index in [9.17, 15) is 8.78 Å². The van der Waals surface area contributed by atoms with Gasteiger partial charge in [-0.2, -0.15) is 4.39 Å². The van der Waals surface area contributed by atoms with Crippen LogP contribution in [0.5, 0.6) is 5.75 Å². The molecule has 1 aliphatic carbocycles. The lowest BCUT2D eigenvalue weighted by molar-refractivity contribution is 0.104. The molecule has 2 rings (SSSR count). The third-order valence-electron chi connectivity index (χ3n) is 2.71. The summed E-state index contributed by atoms with van der Waals surface area (Å²) < 4.78 is 36.4. The number of nitrogens with one attached hydrogen (secondary N) is 1. The van der Waals surface area contributed by atoms with Crippen LogP contribution in [0.4, 0.5) is 14.5 Å². The number of halogens is 2. The highest BCUT2D eigenvalue weighted by Crippen LogP contribution is 2.42. The Morgan fingerprint density at radius 2 is 1.94 bits per heavy atom. The van der Waals surface area contributed by atoms with Crippen molar-refractivity contribution in [2.24, 2.45) is 0 Å². The number of benzene rings is 1. The van der Waals surface area contributed by atoms with Crippen LogP contribution in [0.3, 0.4) is 0 Å². The molecule has 0 saturated heterocycles. The molecule has 5 heteroatoms. The lowest BCUT2D eigenvalue weighted by Gasteiger charge is -2.19. The average molecular weight is 229 g/mol. The molecule has 1 aromatic carbocycles. The first kappa shape index (κ1) is 11.1. The third kappa shape index (κ3) is 1.82. The van der Waals surface area contributed by atoms with Crippen molar-refractivity contribution in [2.75, 3.05) is 19.5 Å². The number of hydrogen-bond acceptors (Lipinski definition) is 3. The Labute approximate surface area is 92.4 Å². The predicted molar refractivity (Wildman–Crippen MR) is 55.5 cm³/mol. The molecule has 1 fully saturated rings. The first-order chi connectivity index (χ1) is 7.62. The second-order valence-electron chi connectivity index (χ2n) is 3.77. The summed E-state index contributed by atoms with van der Waals surface area (Å²) in [7, 11) is 2.88. The molecule has 3 nitrogen and oxygen atoms in total. The molecular weight excluding hydrogens is 216 g/mol. The summed E-state index contributed by atoms with van der Waals surface area (Å²) in [5, 5.41) is 3.01.